The Morgan fingerprint density at radius 2 is 2.03 bits per heavy atom. The van der Waals surface area contributed by atoms with Gasteiger partial charge in [-0.15, -0.1) is 11.3 Å². The Hall–Kier alpha value is -3.52. The maximum Gasteiger partial charge on any atom is 0.268 e. The number of fused-ring (bicyclic) bond motifs is 1. The molecule has 7 nitrogen and oxygen atoms in total. The van der Waals surface area contributed by atoms with E-state index in [0.717, 1.165) is 33.2 Å². The smallest absolute Gasteiger partial charge is 0.268 e. The fourth-order valence-electron chi connectivity index (χ4n) is 3.63. The lowest BCUT2D eigenvalue weighted by atomic mass is 10.1. The lowest BCUT2D eigenvalue weighted by Crippen LogP contribution is -2.44. The number of nitrogens with zero attached hydrogens (tertiary/aromatic N) is 4. The van der Waals surface area contributed by atoms with Crippen LogP contribution in [0.3, 0.4) is 0 Å². The van der Waals surface area contributed by atoms with Crippen LogP contribution in [0.2, 0.25) is 0 Å². The number of carbonyl (C=O) groups excluding carboxylic acids is 1. The molecule has 0 aliphatic carbocycles. The fraction of sp³-hybridized carbons (Fsp3) is 0.217. The van der Waals surface area contributed by atoms with Crippen LogP contribution in [0.4, 0.5) is 5.69 Å². The van der Waals surface area contributed by atoms with Crippen molar-refractivity contribution < 1.29 is 14.1 Å². The maximum absolute atomic E-state index is 13.0. The highest BCUT2D eigenvalue weighted by molar-refractivity contribution is 7.13. The van der Waals surface area contributed by atoms with Crippen LogP contribution in [-0.4, -0.2) is 27.1 Å². The number of amides is 1. The number of hydrogen-bond donors (Lipinski definition) is 0. The molecule has 0 spiro atoms. The molecule has 0 saturated heterocycles. The minimum atomic E-state index is -0.561. The van der Waals surface area contributed by atoms with Gasteiger partial charge in [0.15, 0.2) is 6.10 Å². The maximum atomic E-state index is 13.0. The Balaban J connectivity index is 1.53. The van der Waals surface area contributed by atoms with Crippen molar-refractivity contribution in [2.24, 2.45) is 0 Å². The Labute approximate surface area is 183 Å². The van der Waals surface area contributed by atoms with E-state index in [1.807, 2.05) is 55.6 Å². The van der Waals surface area contributed by atoms with Crippen LogP contribution >= 0.6 is 11.3 Å². The van der Waals surface area contributed by atoms with Gasteiger partial charge in [-0.2, -0.15) is 0 Å². The van der Waals surface area contributed by atoms with Crippen molar-refractivity contribution in [1.82, 2.24) is 15.1 Å². The first-order valence-corrected chi connectivity index (χ1v) is 10.8. The Morgan fingerprint density at radius 1 is 1.16 bits per heavy atom. The molecule has 8 heteroatoms. The minimum Gasteiger partial charge on any atom is -0.479 e. The normalized spacial score (nSPS) is 15.6. The standard InChI is InChI=1S/C23H20N4O3S/c1-13-17(14(2)30-26-13)11-27-20-10-16(7-8-21(20)29-15(3)23(27)28)19-12-31-22(25-19)18-6-4-5-9-24-18/h4-10,12,15H,11H2,1-3H3. The van der Waals surface area contributed by atoms with Crippen molar-refractivity contribution in [3.05, 3.63) is 65.0 Å². The van der Waals surface area contributed by atoms with Gasteiger partial charge >= 0.3 is 0 Å². The van der Waals surface area contributed by atoms with Crippen molar-refractivity contribution >= 4 is 22.9 Å². The molecule has 4 heterocycles. The molecule has 1 amide bonds. The molecule has 31 heavy (non-hydrogen) atoms. The van der Waals surface area contributed by atoms with Crippen molar-refractivity contribution in [2.45, 2.75) is 33.4 Å². The molecule has 1 atom stereocenters. The number of anilines is 1. The summed E-state index contributed by atoms with van der Waals surface area (Å²) in [5, 5.41) is 6.87. The zero-order valence-electron chi connectivity index (χ0n) is 17.3. The van der Waals surface area contributed by atoms with Gasteiger partial charge in [0.25, 0.3) is 5.91 Å². The summed E-state index contributed by atoms with van der Waals surface area (Å²) in [5.41, 5.74) is 4.98. The number of aryl methyl sites for hydroxylation is 2. The number of aromatic nitrogens is 3. The third-order valence-electron chi connectivity index (χ3n) is 5.35. The Morgan fingerprint density at radius 3 is 2.77 bits per heavy atom. The molecule has 3 aromatic heterocycles. The number of pyridine rings is 1. The van der Waals surface area contributed by atoms with E-state index < -0.39 is 6.10 Å². The van der Waals surface area contributed by atoms with E-state index in [9.17, 15) is 4.79 Å². The highest BCUT2D eigenvalue weighted by atomic mass is 32.1. The van der Waals surface area contributed by atoms with E-state index in [1.165, 1.54) is 11.3 Å². The number of thiazole rings is 1. The molecule has 1 aliphatic rings. The molecule has 0 bridgehead atoms. The fourth-order valence-corrected chi connectivity index (χ4v) is 4.43. The van der Waals surface area contributed by atoms with Crippen LogP contribution in [0.25, 0.3) is 22.0 Å². The number of rotatable bonds is 4. The van der Waals surface area contributed by atoms with Crippen LogP contribution in [-0.2, 0) is 11.3 Å². The molecule has 1 aromatic carbocycles. The molecule has 4 aromatic rings. The molecule has 0 fully saturated rings. The highest BCUT2D eigenvalue weighted by Crippen LogP contribution is 2.39. The van der Waals surface area contributed by atoms with Gasteiger partial charge in [0, 0.05) is 22.7 Å². The third kappa shape index (κ3) is 3.48. The van der Waals surface area contributed by atoms with Gasteiger partial charge in [-0.3, -0.25) is 9.78 Å². The van der Waals surface area contributed by atoms with Crippen molar-refractivity contribution in [3.8, 4) is 27.7 Å². The molecular weight excluding hydrogens is 412 g/mol. The number of carbonyl (C=O) groups is 1. The lowest BCUT2D eigenvalue weighted by Gasteiger charge is -2.33. The first-order chi connectivity index (χ1) is 15.0. The summed E-state index contributed by atoms with van der Waals surface area (Å²) in [6, 6.07) is 11.6. The quantitative estimate of drug-likeness (QED) is 0.461. The molecule has 0 N–H and O–H groups in total. The number of hydrogen-bond acceptors (Lipinski definition) is 7. The van der Waals surface area contributed by atoms with Crippen LogP contribution in [0.5, 0.6) is 5.75 Å². The lowest BCUT2D eigenvalue weighted by molar-refractivity contribution is -0.125. The van der Waals surface area contributed by atoms with Crippen LogP contribution < -0.4 is 9.64 Å². The molecule has 1 unspecified atom stereocenters. The average Bonchev–Trinajstić information content (AvgIpc) is 3.40. The van der Waals surface area contributed by atoms with Crippen molar-refractivity contribution in [1.29, 1.82) is 0 Å². The number of ether oxygens (including phenoxy) is 1. The third-order valence-corrected chi connectivity index (χ3v) is 6.21. The van der Waals surface area contributed by atoms with Gasteiger partial charge < -0.3 is 14.2 Å². The summed E-state index contributed by atoms with van der Waals surface area (Å²) in [7, 11) is 0. The van der Waals surface area contributed by atoms with E-state index in [4.69, 9.17) is 14.2 Å². The Kier molecular flexibility index (Phi) is 4.78. The molecule has 5 rings (SSSR count). The first kappa shape index (κ1) is 19.4. The predicted molar refractivity (Wildman–Crippen MR) is 118 cm³/mol. The monoisotopic (exact) mass is 432 g/mol. The molecule has 156 valence electrons. The topological polar surface area (TPSA) is 81.4 Å². The SMILES string of the molecule is Cc1noc(C)c1CN1C(=O)C(C)Oc2ccc(-c3csc(-c4ccccn4)n3)cc21. The van der Waals surface area contributed by atoms with E-state index in [2.05, 4.69) is 10.1 Å². The largest absolute Gasteiger partial charge is 0.479 e. The van der Waals surface area contributed by atoms with Gasteiger partial charge in [-0.1, -0.05) is 11.2 Å². The van der Waals surface area contributed by atoms with Gasteiger partial charge in [0.1, 0.15) is 16.5 Å². The summed E-state index contributed by atoms with van der Waals surface area (Å²) in [6.07, 6.45) is 1.19. The van der Waals surface area contributed by atoms with E-state index in [-0.39, 0.29) is 5.91 Å². The minimum absolute atomic E-state index is 0.0999. The first-order valence-electron chi connectivity index (χ1n) is 9.92. The van der Waals surface area contributed by atoms with Crippen LogP contribution in [0, 0.1) is 13.8 Å². The van der Waals surface area contributed by atoms with E-state index >= 15 is 0 Å². The van der Waals surface area contributed by atoms with Gasteiger partial charge in [0.2, 0.25) is 0 Å². The molecule has 0 radical (unpaired) electrons. The zero-order chi connectivity index (χ0) is 21.5. The van der Waals surface area contributed by atoms with Gasteiger partial charge in [-0.25, -0.2) is 4.98 Å². The summed E-state index contributed by atoms with van der Waals surface area (Å²) >= 11 is 1.54. The predicted octanol–water partition coefficient (Wildman–Crippen LogP) is 4.79. The second kappa shape index (κ2) is 7.63. The Bertz CT molecular complexity index is 1250. The van der Waals surface area contributed by atoms with E-state index in [0.29, 0.717) is 23.7 Å². The van der Waals surface area contributed by atoms with Gasteiger partial charge in [0.05, 0.1) is 29.3 Å². The van der Waals surface area contributed by atoms with Crippen LogP contribution in [0.15, 0.2) is 52.5 Å². The second-order valence-electron chi connectivity index (χ2n) is 7.42. The van der Waals surface area contributed by atoms with Crippen LogP contribution in [0.1, 0.15) is 23.9 Å². The molecule has 1 aliphatic heterocycles. The summed E-state index contributed by atoms with van der Waals surface area (Å²) in [6.45, 7) is 5.88. The average molecular weight is 433 g/mol. The highest BCUT2D eigenvalue weighted by Gasteiger charge is 2.33. The molecular formula is C23H20N4O3S. The van der Waals surface area contributed by atoms with Crippen molar-refractivity contribution in [3.63, 3.8) is 0 Å². The van der Waals surface area contributed by atoms with Gasteiger partial charge in [-0.05, 0) is 51.1 Å². The summed E-state index contributed by atoms with van der Waals surface area (Å²) in [5.74, 6) is 1.28. The number of benzene rings is 1. The summed E-state index contributed by atoms with van der Waals surface area (Å²) < 4.78 is 11.2. The van der Waals surface area contributed by atoms with Crippen molar-refractivity contribution in [2.75, 3.05) is 4.90 Å². The molecule has 0 saturated carbocycles. The zero-order valence-corrected chi connectivity index (χ0v) is 18.1. The van der Waals surface area contributed by atoms with E-state index in [1.54, 1.807) is 18.0 Å². The second-order valence-corrected chi connectivity index (χ2v) is 8.28. The summed E-state index contributed by atoms with van der Waals surface area (Å²) in [4.78, 5) is 23.9.